The van der Waals surface area contributed by atoms with Gasteiger partial charge in [0.25, 0.3) is 5.91 Å². The Hall–Kier alpha value is -3.80. The minimum atomic E-state index is -0.0663. The predicted octanol–water partition coefficient (Wildman–Crippen LogP) is 4.79. The normalized spacial score (nSPS) is 15.5. The number of aryl methyl sites for hydroxylation is 1. The van der Waals surface area contributed by atoms with Gasteiger partial charge >= 0.3 is 0 Å². The monoisotopic (exact) mass is 616 g/mol. The number of nitrogens with zero attached hydrogens (tertiary/aromatic N) is 5. The summed E-state index contributed by atoms with van der Waals surface area (Å²) in [7, 11) is 5.21. The molecule has 11 heteroatoms. The number of anilines is 1. The van der Waals surface area contributed by atoms with E-state index in [0.717, 1.165) is 81.0 Å². The van der Waals surface area contributed by atoms with Crippen molar-refractivity contribution in [2.75, 3.05) is 65.4 Å². The molecule has 0 radical (unpaired) electrons. The van der Waals surface area contributed by atoms with Crippen LogP contribution in [0.2, 0.25) is 0 Å². The molecule has 0 aliphatic carbocycles. The number of carbonyl (C=O) groups is 2. The topological polar surface area (TPSA) is 90.9 Å². The van der Waals surface area contributed by atoms with Gasteiger partial charge in [-0.15, -0.1) is 22.7 Å². The number of rotatable bonds is 8. The second kappa shape index (κ2) is 12.8. The molecular formula is C32H36N6O3S2. The molecule has 2 aliphatic heterocycles. The Bertz CT molecular complexity index is 1660. The highest BCUT2D eigenvalue weighted by atomic mass is 32.1. The quantitative estimate of drug-likeness (QED) is 0.305. The van der Waals surface area contributed by atoms with E-state index in [1.165, 1.54) is 0 Å². The average molecular weight is 617 g/mol. The molecule has 0 atom stereocenters. The van der Waals surface area contributed by atoms with Crippen molar-refractivity contribution in [2.45, 2.75) is 19.3 Å². The zero-order chi connectivity index (χ0) is 29.9. The van der Waals surface area contributed by atoms with Crippen LogP contribution in [0.3, 0.4) is 0 Å². The Kier molecular flexibility index (Phi) is 8.73. The van der Waals surface area contributed by atoms with Gasteiger partial charge in [-0.1, -0.05) is 6.08 Å². The SMILES string of the molecule is COc1cc(N2CCNCC2)ccc1-c1cc(C(=O)N(C)C)cc2sc(C3=CCCN(C(=O)CCc4nccs4)C3)nc12. The lowest BCUT2D eigenvalue weighted by Gasteiger charge is -2.30. The second-order valence-electron chi connectivity index (χ2n) is 11.0. The number of carbonyl (C=O) groups excluding carboxylic acids is 2. The maximum Gasteiger partial charge on any atom is 0.253 e. The number of ether oxygens (including phenoxy) is 1. The number of piperazine rings is 1. The summed E-state index contributed by atoms with van der Waals surface area (Å²) in [5, 5.41) is 7.20. The highest BCUT2D eigenvalue weighted by Crippen LogP contribution is 2.41. The smallest absolute Gasteiger partial charge is 0.253 e. The van der Waals surface area contributed by atoms with Crippen molar-refractivity contribution in [2.24, 2.45) is 0 Å². The molecule has 2 aromatic heterocycles. The molecule has 1 saturated heterocycles. The Morgan fingerprint density at radius 3 is 2.67 bits per heavy atom. The molecule has 9 nitrogen and oxygen atoms in total. The Labute approximate surface area is 259 Å². The molecule has 1 N–H and O–H groups in total. The lowest BCUT2D eigenvalue weighted by Crippen LogP contribution is -2.43. The van der Waals surface area contributed by atoms with Gasteiger partial charge in [-0.3, -0.25) is 9.59 Å². The van der Waals surface area contributed by atoms with Crippen molar-refractivity contribution >= 4 is 56.0 Å². The van der Waals surface area contributed by atoms with Gasteiger partial charge in [0.15, 0.2) is 0 Å². The molecule has 2 aliphatic rings. The Morgan fingerprint density at radius 2 is 1.93 bits per heavy atom. The molecule has 4 heterocycles. The first-order valence-corrected chi connectivity index (χ1v) is 16.3. The first kappa shape index (κ1) is 29.3. The molecule has 2 amide bonds. The number of fused-ring (bicyclic) bond motifs is 1. The van der Waals surface area contributed by atoms with Crippen LogP contribution in [0, 0.1) is 0 Å². The van der Waals surface area contributed by atoms with Crippen molar-refractivity contribution in [3.05, 3.63) is 63.6 Å². The fourth-order valence-electron chi connectivity index (χ4n) is 5.64. The van der Waals surface area contributed by atoms with Crippen molar-refractivity contribution in [1.82, 2.24) is 25.1 Å². The van der Waals surface area contributed by atoms with Crippen molar-refractivity contribution in [3.8, 4) is 16.9 Å². The van der Waals surface area contributed by atoms with E-state index in [1.807, 2.05) is 22.4 Å². The Morgan fingerprint density at radius 1 is 1.09 bits per heavy atom. The third-order valence-corrected chi connectivity index (χ3v) is 9.84. The van der Waals surface area contributed by atoms with E-state index < -0.39 is 0 Å². The van der Waals surface area contributed by atoms with E-state index in [9.17, 15) is 9.59 Å². The first-order chi connectivity index (χ1) is 20.9. The number of hydrogen-bond donors (Lipinski definition) is 1. The molecule has 1 fully saturated rings. The standard InChI is InChI=1S/C32H36N6O3S2/c1-36(2)32(40)22-17-25(24-7-6-23(19-26(24)41-3)37-14-10-33-11-15-37)30-27(18-22)43-31(35-30)21-5-4-13-38(20-21)29(39)9-8-28-34-12-16-42-28/h5-7,12,16-19,33H,4,8-11,13-15,20H2,1-3H3. The highest BCUT2D eigenvalue weighted by molar-refractivity contribution is 7.19. The van der Waals surface area contributed by atoms with Crippen LogP contribution < -0.4 is 15.0 Å². The van der Waals surface area contributed by atoms with Gasteiger partial charge in [0.1, 0.15) is 10.8 Å². The van der Waals surface area contributed by atoms with Crippen LogP contribution in [-0.4, -0.2) is 92.1 Å². The molecule has 0 spiro atoms. The third kappa shape index (κ3) is 6.29. The second-order valence-corrected chi connectivity index (χ2v) is 13.0. The Balaban J connectivity index is 1.34. The third-order valence-electron chi connectivity index (χ3n) is 7.92. The number of benzene rings is 2. The summed E-state index contributed by atoms with van der Waals surface area (Å²) in [6.45, 7) is 5.01. The molecular weight excluding hydrogens is 581 g/mol. The number of amides is 2. The van der Waals surface area contributed by atoms with Gasteiger partial charge < -0.3 is 24.8 Å². The van der Waals surface area contributed by atoms with Crippen molar-refractivity contribution in [3.63, 3.8) is 0 Å². The molecule has 4 aromatic rings. The van der Waals surface area contributed by atoms with Gasteiger partial charge in [-0.25, -0.2) is 9.97 Å². The number of nitrogens with one attached hydrogen (secondary N) is 1. The minimum Gasteiger partial charge on any atom is -0.496 e. The summed E-state index contributed by atoms with van der Waals surface area (Å²) in [6, 6.07) is 10.2. The van der Waals surface area contributed by atoms with E-state index in [0.29, 0.717) is 31.5 Å². The highest BCUT2D eigenvalue weighted by Gasteiger charge is 2.24. The van der Waals surface area contributed by atoms with Crippen LogP contribution >= 0.6 is 22.7 Å². The lowest BCUT2D eigenvalue weighted by atomic mass is 9.99. The van der Waals surface area contributed by atoms with E-state index in [4.69, 9.17) is 9.72 Å². The molecule has 43 heavy (non-hydrogen) atoms. The zero-order valence-corrected chi connectivity index (χ0v) is 26.4. The molecule has 0 saturated carbocycles. The van der Waals surface area contributed by atoms with Crippen molar-refractivity contribution in [1.29, 1.82) is 0 Å². The summed E-state index contributed by atoms with van der Waals surface area (Å²) < 4.78 is 6.85. The summed E-state index contributed by atoms with van der Waals surface area (Å²) in [4.78, 5) is 41.6. The minimum absolute atomic E-state index is 0.0663. The van der Waals surface area contributed by atoms with Crippen molar-refractivity contribution < 1.29 is 14.3 Å². The molecule has 6 rings (SSSR count). The van der Waals surface area contributed by atoms with E-state index in [1.54, 1.807) is 55.0 Å². The van der Waals surface area contributed by atoms with Crippen LogP contribution in [0.15, 0.2) is 48.0 Å². The fraction of sp³-hybridized carbons (Fsp3) is 0.375. The number of hydrogen-bond acceptors (Lipinski definition) is 9. The van der Waals surface area contributed by atoms with Crippen LogP contribution in [0.25, 0.3) is 26.9 Å². The van der Waals surface area contributed by atoms with Gasteiger partial charge in [-0.05, 0) is 30.7 Å². The predicted molar refractivity (Wildman–Crippen MR) is 174 cm³/mol. The molecule has 224 valence electrons. The number of thiazole rings is 2. The average Bonchev–Trinajstić information content (AvgIpc) is 3.73. The van der Waals surface area contributed by atoms with E-state index in [2.05, 4.69) is 39.5 Å². The van der Waals surface area contributed by atoms with E-state index in [-0.39, 0.29) is 11.8 Å². The largest absolute Gasteiger partial charge is 0.496 e. The summed E-state index contributed by atoms with van der Waals surface area (Å²) in [6.07, 6.45) is 5.87. The van der Waals surface area contributed by atoms with Crippen LogP contribution in [0.4, 0.5) is 5.69 Å². The van der Waals surface area contributed by atoms with Crippen LogP contribution in [0.1, 0.15) is 33.2 Å². The summed E-state index contributed by atoms with van der Waals surface area (Å²) in [5.74, 6) is 0.814. The maximum atomic E-state index is 13.2. The molecule has 0 bridgehead atoms. The summed E-state index contributed by atoms with van der Waals surface area (Å²) in [5.41, 5.74) is 5.35. The van der Waals surface area contributed by atoms with Crippen LogP contribution in [0.5, 0.6) is 5.75 Å². The lowest BCUT2D eigenvalue weighted by molar-refractivity contribution is -0.130. The fourth-order valence-corrected chi connectivity index (χ4v) is 7.32. The maximum absolute atomic E-state index is 13.2. The number of methoxy groups -OCH3 is 1. The molecule has 0 unspecified atom stereocenters. The first-order valence-electron chi connectivity index (χ1n) is 14.6. The number of aromatic nitrogens is 2. The van der Waals surface area contributed by atoms with Gasteiger partial charge in [0.05, 0.1) is 22.3 Å². The van der Waals surface area contributed by atoms with Gasteiger partial charge in [0, 0.05) is 112 Å². The van der Waals surface area contributed by atoms with Crippen LogP contribution in [-0.2, 0) is 11.2 Å². The molecule has 2 aromatic carbocycles. The van der Waals surface area contributed by atoms with E-state index >= 15 is 0 Å². The van der Waals surface area contributed by atoms with Gasteiger partial charge in [-0.2, -0.15) is 0 Å². The van der Waals surface area contributed by atoms with Gasteiger partial charge in [0.2, 0.25) is 5.91 Å². The zero-order valence-electron chi connectivity index (χ0n) is 24.8. The summed E-state index contributed by atoms with van der Waals surface area (Å²) >= 11 is 3.15.